The van der Waals surface area contributed by atoms with Crippen molar-refractivity contribution in [1.29, 1.82) is 0 Å². The lowest BCUT2D eigenvalue weighted by Gasteiger charge is -2.14. The van der Waals surface area contributed by atoms with Crippen LogP contribution < -0.4 is 10.6 Å². The van der Waals surface area contributed by atoms with E-state index in [9.17, 15) is 4.79 Å². The van der Waals surface area contributed by atoms with E-state index in [1.165, 1.54) is 5.56 Å². The summed E-state index contributed by atoms with van der Waals surface area (Å²) < 4.78 is 1.78. The number of hydrogen-bond donors (Lipinski definition) is 2. The standard InChI is InChI=1S/C25H26N4O/c1-17-12-14-19(15-13-17)29-23(16-22(28-29)25(2,3)4)27-24(30)26-21-11-7-9-18-8-5-6-10-20(18)21/h5-16H,1-4H3,(H2,26,27,30). The fourth-order valence-electron chi connectivity index (χ4n) is 3.32. The zero-order valence-corrected chi connectivity index (χ0v) is 17.7. The molecule has 4 rings (SSSR count). The molecule has 0 aliphatic heterocycles. The number of carbonyl (C=O) groups is 1. The number of benzene rings is 3. The molecule has 5 heteroatoms. The van der Waals surface area contributed by atoms with Gasteiger partial charge < -0.3 is 5.32 Å². The Hall–Kier alpha value is -3.60. The number of rotatable bonds is 3. The average molecular weight is 399 g/mol. The van der Waals surface area contributed by atoms with Crippen LogP contribution in [0.5, 0.6) is 0 Å². The third-order valence-corrected chi connectivity index (χ3v) is 5.04. The van der Waals surface area contributed by atoms with Gasteiger partial charge in [-0.25, -0.2) is 9.48 Å². The van der Waals surface area contributed by atoms with Gasteiger partial charge >= 0.3 is 6.03 Å². The van der Waals surface area contributed by atoms with Crippen LogP contribution in [0.4, 0.5) is 16.3 Å². The van der Waals surface area contributed by atoms with E-state index in [0.717, 1.165) is 27.8 Å². The van der Waals surface area contributed by atoms with Crippen LogP contribution in [0.25, 0.3) is 16.5 Å². The van der Waals surface area contributed by atoms with Gasteiger partial charge in [-0.15, -0.1) is 0 Å². The number of hydrogen-bond acceptors (Lipinski definition) is 2. The molecule has 0 radical (unpaired) electrons. The van der Waals surface area contributed by atoms with E-state index in [2.05, 4.69) is 31.4 Å². The number of fused-ring (bicyclic) bond motifs is 1. The monoisotopic (exact) mass is 398 g/mol. The molecule has 2 amide bonds. The predicted molar refractivity (Wildman–Crippen MR) is 124 cm³/mol. The maximum atomic E-state index is 12.9. The van der Waals surface area contributed by atoms with E-state index < -0.39 is 0 Å². The third kappa shape index (κ3) is 4.06. The summed E-state index contributed by atoms with van der Waals surface area (Å²) >= 11 is 0. The van der Waals surface area contributed by atoms with E-state index in [1.54, 1.807) is 4.68 Å². The Labute approximate surface area is 176 Å². The molecule has 1 aromatic heterocycles. The van der Waals surface area contributed by atoms with Gasteiger partial charge in [-0.05, 0) is 30.5 Å². The molecule has 0 aliphatic rings. The lowest BCUT2D eigenvalue weighted by atomic mass is 9.92. The molecule has 0 unspecified atom stereocenters. The summed E-state index contributed by atoms with van der Waals surface area (Å²) in [4.78, 5) is 12.9. The van der Waals surface area contributed by atoms with Crippen molar-refractivity contribution in [2.75, 3.05) is 10.6 Å². The Bertz CT molecular complexity index is 1190. The fourth-order valence-corrected chi connectivity index (χ4v) is 3.32. The molecule has 0 spiro atoms. The van der Waals surface area contributed by atoms with E-state index in [0.29, 0.717) is 5.82 Å². The number of aromatic nitrogens is 2. The molecule has 30 heavy (non-hydrogen) atoms. The third-order valence-electron chi connectivity index (χ3n) is 5.04. The topological polar surface area (TPSA) is 59.0 Å². The zero-order chi connectivity index (χ0) is 21.3. The summed E-state index contributed by atoms with van der Waals surface area (Å²) in [7, 11) is 0. The molecule has 3 aromatic carbocycles. The molecule has 0 aliphatic carbocycles. The van der Waals surface area contributed by atoms with Crippen molar-refractivity contribution in [2.45, 2.75) is 33.1 Å². The highest BCUT2D eigenvalue weighted by Crippen LogP contribution is 2.27. The average Bonchev–Trinajstić information content (AvgIpc) is 3.13. The van der Waals surface area contributed by atoms with Crippen LogP contribution in [-0.4, -0.2) is 15.8 Å². The maximum absolute atomic E-state index is 12.9. The van der Waals surface area contributed by atoms with Crippen LogP contribution in [0, 0.1) is 6.92 Å². The highest BCUT2D eigenvalue weighted by molar-refractivity contribution is 6.06. The quantitative estimate of drug-likeness (QED) is 0.427. The van der Waals surface area contributed by atoms with Crippen molar-refractivity contribution in [1.82, 2.24) is 9.78 Å². The van der Waals surface area contributed by atoms with Crippen molar-refractivity contribution in [3.05, 3.63) is 84.1 Å². The van der Waals surface area contributed by atoms with Crippen LogP contribution in [0.15, 0.2) is 72.8 Å². The van der Waals surface area contributed by atoms with Gasteiger partial charge in [0.1, 0.15) is 5.82 Å². The molecule has 4 aromatic rings. The van der Waals surface area contributed by atoms with Gasteiger partial charge in [0.15, 0.2) is 0 Å². The normalized spacial score (nSPS) is 11.5. The maximum Gasteiger partial charge on any atom is 0.324 e. The number of amides is 2. The number of nitrogens with one attached hydrogen (secondary N) is 2. The Balaban J connectivity index is 1.65. The van der Waals surface area contributed by atoms with Gasteiger partial charge in [0.2, 0.25) is 0 Å². The van der Waals surface area contributed by atoms with Crippen LogP contribution in [0.2, 0.25) is 0 Å². The number of anilines is 2. The largest absolute Gasteiger partial charge is 0.324 e. The van der Waals surface area contributed by atoms with E-state index >= 15 is 0 Å². The molecule has 5 nitrogen and oxygen atoms in total. The van der Waals surface area contributed by atoms with Crippen LogP contribution in [0.3, 0.4) is 0 Å². The number of carbonyl (C=O) groups excluding carboxylic acids is 1. The second-order valence-electron chi connectivity index (χ2n) is 8.52. The summed E-state index contributed by atoms with van der Waals surface area (Å²) in [6, 6.07) is 23.6. The van der Waals surface area contributed by atoms with Gasteiger partial charge in [-0.3, -0.25) is 5.32 Å². The van der Waals surface area contributed by atoms with Gasteiger partial charge in [0.25, 0.3) is 0 Å². The Morgan fingerprint density at radius 2 is 1.60 bits per heavy atom. The summed E-state index contributed by atoms with van der Waals surface area (Å²) in [5.74, 6) is 0.626. The first kappa shape index (κ1) is 19.7. The molecule has 0 fully saturated rings. The Kier molecular flexibility index (Phi) is 5.04. The first-order valence-corrected chi connectivity index (χ1v) is 10.0. The minimum absolute atomic E-state index is 0.140. The Morgan fingerprint density at radius 3 is 2.33 bits per heavy atom. The number of nitrogens with zero attached hydrogens (tertiary/aromatic N) is 2. The zero-order valence-electron chi connectivity index (χ0n) is 17.7. The number of urea groups is 1. The van der Waals surface area contributed by atoms with Crippen LogP contribution >= 0.6 is 0 Å². The smallest absolute Gasteiger partial charge is 0.307 e. The summed E-state index contributed by atoms with van der Waals surface area (Å²) in [6.07, 6.45) is 0. The minimum Gasteiger partial charge on any atom is -0.307 e. The molecular weight excluding hydrogens is 372 g/mol. The molecule has 152 valence electrons. The second kappa shape index (κ2) is 7.67. The van der Waals surface area contributed by atoms with Crippen LogP contribution in [0.1, 0.15) is 32.0 Å². The molecule has 1 heterocycles. The lowest BCUT2D eigenvalue weighted by Crippen LogP contribution is -2.21. The predicted octanol–water partition coefficient (Wildman–Crippen LogP) is 6.28. The SMILES string of the molecule is Cc1ccc(-n2nc(C(C)(C)C)cc2NC(=O)Nc2cccc3ccccc23)cc1. The molecule has 2 N–H and O–H groups in total. The van der Waals surface area contributed by atoms with Crippen molar-refractivity contribution in [2.24, 2.45) is 0 Å². The van der Waals surface area contributed by atoms with Gasteiger partial charge in [-0.2, -0.15) is 5.10 Å². The number of aryl methyl sites for hydroxylation is 1. The van der Waals surface area contributed by atoms with Crippen molar-refractivity contribution >= 4 is 28.3 Å². The van der Waals surface area contributed by atoms with Crippen molar-refractivity contribution in [3.63, 3.8) is 0 Å². The van der Waals surface area contributed by atoms with Crippen LogP contribution in [-0.2, 0) is 5.41 Å². The first-order chi connectivity index (χ1) is 14.3. The molecule has 0 saturated heterocycles. The molecule has 0 bridgehead atoms. The fraction of sp³-hybridized carbons (Fsp3) is 0.200. The highest BCUT2D eigenvalue weighted by Gasteiger charge is 2.21. The Morgan fingerprint density at radius 1 is 0.900 bits per heavy atom. The summed E-state index contributed by atoms with van der Waals surface area (Å²) in [5, 5.41) is 12.8. The van der Waals surface area contributed by atoms with Gasteiger partial charge in [-0.1, -0.05) is 74.9 Å². The van der Waals surface area contributed by atoms with Gasteiger partial charge in [0, 0.05) is 16.9 Å². The molecule has 0 atom stereocenters. The highest BCUT2D eigenvalue weighted by atomic mass is 16.2. The van der Waals surface area contributed by atoms with E-state index in [1.807, 2.05) is 79.7 Å². The molecular formula is C25H26N4O. The first-order valence-electron chi connectivity index (χ1n) is 10.0. The van der Waals surface area contributed by atoms with Gasteiger partial charge in [0.05, 0.1) is 17.1 Å². The van der Waals surface area contributed by atoms with Crippen molar-refractivity contribution in [3.8, 4) is 5.69 Å². The summed E-state index contributed by atoms with van der Waals surface area (Å²) in [5.41, 5.74) is 3.60. The lowest BCUT2D eigenvalue weighted by molar-refractivity contribution is 0.262. The van der Waals surface area contributed by atoms with Crippen molar-refractivity contribution < 1.29 is 4.79 Å². The minimum atomic E-state index is -0.305. The van der Waals surface area contributed by atoms with E-state index in [-0.39, 0.29) is 11.4 Å². The van der Waals surface area contributed by atoms with E-state index in [4.69, 9.17) is 5.10 Å². The second-order valence-corrected chi connectivity index (χ2v) is 8.52. The summed E-state index contributed by atoms with van der Waals surface area (Å²) in [6.45, 7) is 8.36. The molecule has 0 saturated carbocycles.